The Hall–Kier alpha value is -1.36. The minimum absolute atomic E-state index is 0.00615. The van der Waals surface area contributed by atoms with Crippen LogP contribution in [0.25, 0.3) is 0 Å². The quantitative estimate of drug-likeness (QED) is 0.712. The zero-order valence-corrected chi connectivity index (χ0v) is 11.2. The van der Waals surface area contributed by atoms with Crippen molar-refractivity contribution in [2.75, 3.05) is 13.1 Å². The van der Waals surface area contributed by atoms with Crippen molar-refractivity contribution in [3.8, 4) is 0 Å². The second-order valence-electron chi connectivity index (χ2n) is 5.21. The van der Waals surface area contributed by atoms with E-state index in [4.69, 9.17) is 0 Å². The Kier molecular flexibility index (Phi) is 4.81. The van der Waals surface area contributed by atoms with Crippen LogP contribution in [0.3, 0.4) is 0 Å². The van der Waals surface area contributed by atoms with Gasteiger partial charge in [0.2, 0.25) is 0 Å². The summed E-state index contributed by atoms with van der Waals surface area (Å²) in [6.45, 7) is -0.528. The minimum Gasteiger partial charge on any atom is -0.294 e. The number of nitrogens with zero attached hydrogens (tertiary/aromatic N) is 1. The van der Waals surface area contributed by atoms with Gasteiger partial charge in [0.1, 0.15) is 0 Å². The molecule has 0 spiro atoms. The molecule has 2 nitrogen and oxygen atoms in total. The third kappa shape index (κ3) is 4.96. The predicted molar refractivity (Wildman–Crippen MR) is 70.7 cm³/mol. The number of rotatable bonds is 7. The molecule has 5 heteroatoms. The first-order valence-corrected chi connectivity index (χ1v) is 6.85. The van der Waals surface area contributed by atoms with Gasteiger partial charge < -0.3 is 0 Å². The molecule has 0 heterocycles. The Morgan fingerprint density at radius 2 is 1.85 bits per heavy atom. The van der Waals surface area contributed by atoms with Crippen molar-refractivity contribution in [1.82, 2.24) is 4.90 Å². The van der Waals surface area contributed by atoms with Crippen LogP contribution in [0, 0.1) is 0 Å². The first-order chi connectivity index (χ1) is 9.46. The molecule has 0 aromatic heterocycles. The molecule has 110 valence electrons. The first-order valence-electron chi connectivity index (χ1n) is 6.85. The summed E-state index contributed by atoms with van der Waals surface area (Å²) in [5.41, 5.74) is 0.626. The van der Waals surface area contributed by atoms with Crippen LogP contribution >= 0.6 is 0 Å². The molecule has 0 aliphatic heterocycles. The SMILES string of the molecule is O=C(CCCN(CC(F)(F)F)C1CC1)c1ccccc1. The Labute approximate surface area is 116 Å². The molecule has 1 aromatic carbocycles. The Bertz CT molecular complexity index is 440. The standard InChI is InChI=1S/C15H18F3NO/c16-15(17,18)11-19(13-8-9-13)10-4-7-14(20)12-5-2-1-3-6-12/h1-3,5-6,13H,4,7-11H2. The molecule has 1 saturated carbocycles. The van der Waals surface area contributed by atoms with E-state index in [1.54, 1.807) is 24.3 Å². The molecule has 20 heavy (non-hydrogen) atoms. The summed E-state index contributed by atoms with van der Waals surface area (Å²) in [6.07, 6.45) is -1.72. The molecule has 1 aliphatic carbocycles. The van der Waals surface area contributed by atoms with E-state index in [9.17, 15) is 18.0 Å². The van der Waals surface area contributed by atoms with E-state index in [0.717, 1.165) is 12.8 Å². The van der Waals surface area contributed by atoms with Gasteiger partial charge in [-0.25, -0.2) is 0 Å². The van der Waals surface area contributed by atoms with E-state index in [-0.39, 0.29) is 11.8 Å². The summed E-state index contributed by atoms with van der Waals surface area (Å²) >= 11 is 0. The van der Waals surface area contributed by atoms with Gasteiger partial charge in [-0.05, 0) is 25.8 Å². The third-order valence-corrected chi connectivity index (χ3v) is 3.39. The Balaban J connectivity index is 1.77. The number of halogens is 3. The summed E-state index contributed by atoms with van der Waals surface area (Å²) in [4.78, 5) is 13.3. The highest BCUT2D eigenvalue weighted by molar-refractivity contribution is 5.95. The van der Waals surface area contributed by atoms with Gasteiger partial charge in [0, 0.05) is 18.0 Å². The highest BCUT2D eigenvalue weighted by Crippen LogP contribution is 2.30. The van der Waals surface area contributed by atoms with Crippen molar-refractivity contribution in [3.05, 3.63) is 35.9 Å². The van der Waals surface area contributed by atoms with Crippen LogP contribution in [0.1, 0.15) is 36.0 Å². The smallest absolute Gasteiger partial charge is 0.294 e. The normalized spacial score (nSPS) is 15.6. The number of carbonyl (C=O) groups is 1. The fraction of sp³-hybridized carbons (Fsp3) is 0.533. The lowest BCUT2D eigenvalue weighted by molar-refractivity contribution is -0.147. The molecule has 0 N–H and O–H groups in total. The molecule has 0 atom stereocenters. The van der Waals surface area contributed by atoms with Crippen LogP contribution < -0.4 is 0 Å². The Morgan fingerprint density at radius 1 is 1.20 bits per heavy atom. The number of hydrogen-bond acceptors (Lipinski definition) is 2. The fourth-order valence-corrected chi connectivity index (χ4v) is 2.27. The molecule has 0 saturated heterocycles. The predicted octanol–water partition coefficient (Wildman–Crippen LogP) is 3.68. The largest absolute Gasteiger partial charge is 0.401 e. The van der Waals surface area contributed by atoms with Gasteiger partial charge in [0.15, 0.2) is 5.78 Å². The molecule has 0 radical (unpaired) electrons. The topological polar surface area (TPSA) is 20.3 Å². The molecule has 0 amide bonds. The number of Topliss-reactive ketones (excluding diaryl/α,β-unsaturated/α-hetero) is 1. The van der Waals surface area contributed by atoms with Crippen molar-refractivity contribution < 1.29 is 18.0 Å². The molecule has 2 rings (SSSR count). The highest BCUT2D eigenvalue weighted by atomic mass is 19.4. The van der Waals surface area contributed by atoms with Crippen LogP contribution in [-0.2, 0) is 0 Å². The summed E-state index contributed by atoms with van der Waals surface area (Å²) in [5, 5.41) is 0. The summed E-state index contributed by atoms with van der Waals surface area (Å²) < 4.78 is 37.3. The number of ketones is 1. The van der Waals surface area contributed by atoms with Crippen molar-refractivity contribution in [2.24, 2.45) is 0 Å². The zero-order chi connectivity index (χ0) is 14.6. The monoisotopic (exact) mass is 285 g/mol. The van der Waals surface area contributed by atoms with Crippen LogP contribution in [-0.4, -0.2) is 36.0 Å². The number of benzene rings is 1. The van der Waals surface area contributed by atoms with Crippen molar-refractivity contribution in [1.29, 1.82) is 0 Å². The second-order valence-corrected chi connectivity index (χ2v) is 5.21. The average Bonchev–Trinajstić information content (AvgIpc) is 3.21. The lowest BCUT2D eigenvalue weighted by Gasteiger charge is -2.23. The zero-order valence-electron chi connectivity index (χ0n) is 11.2. The average molecular weight is 285 g/mol. The van der Waals surface area contributed by atoms with Crippen LogP contribution in [0.15, 0.2) is 30.3 Å². The van der Waals surface area contributed by atoms with Gasteiger partial charge in [0.25, 0.3) is 0 Å². The highest BCUT2D eigenvalue weighted by Gasteiger charge is 2.37. The maximum absolute atomic E-state index is 12.4. The maximum atomic E-state index is 12.4. The second kappa shape index (κ2) is 6.39. The summed E-state index contributed by atoms with van der Waals surface area (Å²) in [6, 6.07) is 8.92. The molecular weight excluding hydrogens is 267 g/mol. The molecule has 1 fully saturated rings. The maximum Gasteiger partial charge on any atom is 0.401 e. The Morgan fingerprint density at radius 3 is 2.40 bits per heavy atom. The van der Waals surface area contributed by atoms with Gasteiger partial charge in [-0.2, -0.15) is 13.2 Å². The van der Waals surface area contributed by atoms with E-state index in [2.05, 4.69) is 0 Å². The summed E-state index contributed by atoms with van der Waals surface area (Å²) in [5.74, 6) is -0.00615. The molecule has 0 unspecified atom stereocenters. The third-order valence-electron chi connectivity index (χ3n) is 3.39. The van der Waals surface area contributed by atoms with E-state index >= 15 is 0 Å². The first kappa shape index (κ1) is 15.0. The number of hydrogen-bond donors (Lipinski definition) is 0. The minimum atomic E-state index is -4.16. The van der Waals surface area contributed by atoms with Gasteiger partial charge in [-0.3, -0.25) is 9.69 Å². The van der Waals surface area contributed by atoms with Crippen LogP contribution in [0.2, 0.25) is 0 Å². The van der Waals surface area contributed by atoms with Gasteiger partial charge in [-0.1, -0.05) is 30.3 Å². The van der Waals surface area contributed by atoms with Crippen LogP contribution in [0.5, 0.6) is 0 Å². The molecule has 0 bridgehead atoms. The lowest BCUT2D eigenvalue weighted by atomic mass is 10.1. The van der Waals surface area contributed by atoms with Crippen molar-refractivity contribution >= 4 is 5.78 Å². The number of alkyl halides is 3. The number of carbonyl (C=O) groups excluding carboxylic acids is 1. The van der Waals surface area contributed by atoms with E-state index < -0.39 is 12.7 Å². The van der Waals surface area contributed by atoms with E-state index in [1.807, 2.05) is 6.07 Å². The van der Waals surface area contributed by atoms with Gasteiger partial charge in [0.05, 0.1) is 6.54 Å². The lowest BCUT2D eigenvalue weighted by Crippen LogP contribution is -2.36. The van der Waals surface area contributed by atoms with Gasteiger partial charge >= 0.3 is 6.18 Å². The van der Waals surface area contributed by atoms with E-state index in [0.29, 0.717) is 24.9 Å². The molecule has 1 aliphatic rings. The molecular formula is C15H18F3NO. The van der Waals surface area contributed by atoms with Crippen molar-refractivity contribution in [3.63, 3.8) is 0 Å². The van der Waals surface area contributed by atoms with Gasteiger partial charge in [-0.15, -0.1) is 0 Å². The fourth-order valence-electron chi connectivity index (χ4n) is 2.27. The molecule has 1 aromatic rings. The summed E-state index contributed by atoms with van der Waals surface area (Å²) in [7, 11) is 0. The van der Waals surface area contributed by atoms with Crippen LogP contribution in [0.4, 0.5) is 13.2 Å². The van der Waals surface area contributed by atoms with E-state index in [1.165, 1.54) is 4.90 Å². The van der Waals surface area contributed by atoms with Crippen molar-refractivity contribution in [2.45, 2.75) is 37.9 Å².